The van der Waals surface area contributed by atoms with E-state index in [4.69, 9.17) is 0 Å². The molecule has 0 unspecified atom stereocenters. The number of piperazine rings is 1. The number of nitrogens with one attached hydrogen (secondary N) is 1. The Morgan fingerprint density at radius 2 is 1.68 bits per heavy atom. The van der Waals surface area contributed by atoms with Gasteiger partial charge < -0.3 is 10.2 Å². The Labute approximate surface area is 136 Å². The summed E-state index contributed by atoms with van der Waals surface area (Å²) in [6.07, 6.45) is 4.32. The van der Waals surface area contributed by atoms with E-state index in [1.54, 1.807) is 0 Å². The van der Waals surface area contributed by atoms with E-state index in [1.165, 1.54) is 19.4 Å². The van der Waals surface area contributed by atoms with Gasteiger partial charge in [-0.3, -0.25) is 14.6 Å². The number of carbonyl (C=O) groups is 1. The van der Waals surface area contributed by atoms with Crippen molar-refractivity contribution in [2.45, 2.75) is 51.6 Å². The Balaban J connectivity index is 1.63. The molecule has 1 amide bonds. The number of amides is 1. The Morgan fingerprint density at radius 3 is 2.27 bits per heavy atom. The fourth-order valence-corrected chi connectivity index (χ4v) is 3.74. The first-order chi connectivity index (χ1) is 10.6. The minimum absolute atomic E-state index is 0.330. The first-order valence-electron chi connectivity index (χ1n) is 9.02. The molecule has 22 heavy (non-hydrogen) atoms. The molecule has 2 heterocycles. The standard InChI is InChI=1S/C17H34N4O/c1-15-6-7-16(2)21(15)14-11-19-9-12-20(13-10-19)17(22)5-4-8-18-3/h15-16,18H,4-14H2,1-3H3/t15-,16+. The molecule has 2 fully saturated rings. The number of hydrogen-bond acceptors (Lipinski definition) is 4. The van der Waals surface area contributed by atoms with Crippen molar-refractivity contribution < 1.29 is 4.79 Å². The normalized spacial score (nSPS) is 27.5. The molecule has 0 aromatic rings. The van der Waals surface area contributed by atoms with Crippen LogP contribution in [0.3, 0.4) is 0 Å². The molecule has 2 atom stereocenters. The molecule has 2 rings (SSSR count). The van der Waals surface area contributed by atoms with Gasteiger partial charge in [-0.15, -0.1) is 0 Å². The zero-order valence-electron chi connectivity index (χ0n) is 14.7. The van der Waals surface area contributed by atoms with Gasteiger partial charge in [0.05, 0.1) is 0 Å². The highest BCUT2D eigenvalue weighted by molar-refractivity contribution is 5.76. The molecule has 1 N–H and O–H groups in total. The van der Waals surface area contributed by atoms with Gasteiger partial charge in [-0.05, 0) is 46.7 Å². The lowest BCUT2D eigenvalue weighted by Crippen LogP contribution is -2.50. The number of rotatable bonds is 7. The predicted molar refractivity (Wildman–Crippen MR) is 91.0 cm³/mol. The lowest BCUT2D eigenvalue weighted by Gasteiger charge is -2.36. The van der Waals surface area contributed by atoms with Crippen molar-refractivity contribution >= 4 is 5.91 Å². The first kappa shape index (κ1) is 17.7. The van der Waals surface area contributed by atoms with Crippen LogP contribution in [0.15, 0.2) is 0 Å². The van der Waals surface area contributed by atoms with Crippen molar-refractivity contribution in [3.05, 3.63) is 0 Å². The molecule has 0 spiro atoms. The molecule has 0 saturated carbocycles. The summed E-state index contributed by atoms with van der Waals surface area (Å²) in [6, 6.07) is 1.48. The van der Waals surface area contributed by atoms with Crippen LogP contribution in [0.1, 0.15) is 39.5 Å². The van der Waals surface area contributed by atoms with Gasteiger partial charge in [-0.2, -0.15) is 0 Å². The predicted octanol–water partition coefficient (Wildman–Crippen LogP) is 1.00. The number of hydrogen-bond donors (Lipinski definition) is 1. The third kappa shape index (κ3) is 4.93. The van der Waals surface area contributed by atoms with E-state index >= 15 is 0 Å². The van der Waals surface area contributed by atoms with E-state index in [0.717, 1.165) is 57.8 Å². The molecule has 0 radical (unpaired) electrons. The fraction of sp³-hybridized carbons (Fsp3) is 0.941. The van der Waals surface area contributed by atoms with Crippen LogP contribution in [0, 0.1) is 0 Å². The number of nitrogens with zero attached hydrogens (tertiary/aromatic N) is 3. The summed E-state index contributed by atoms with van der Waals surface area (Å²) >= 11 is 0. The van der Waals surface area contributed by atoms with Crippen LogP contribution < -0.4 is 5.32 Å². The minimum Gasteiger partial charge on any atom is -0.340 e. The third-order valence-corrected chi connectivity index (χ3v) is 5.35. The van der Waals surface area contributed by atoms with Gasteiger partial charge in [0, 0.05) is 57.8 Å². The fourth-order valence-electron chi connectivity index (χ4n) is 3.74. The monoisotopic (exact) mass is 310 g/mol. The van der Waals surface area contributed by atoms with E-state index in [9.17, 15) is 4.79 Å². The molecule has 0 bridgehead atoms. The zero-order chi connectivity index (χ0) is 15.9. The van der Waals surface area contributed by atoms with Crippen molar-refractivity contribution in [2.75, 3.05) is 52.9 Å². The van der Waals surface area contributed by atoms with E-state index in [1.807, 2.05) is 11.9 Å². The van der Waals surface area contributed by atoms with E-state index < -0.39 is 0 Å². The van der Waals surface area contributed by atoms with Gasteiger partial charge in [0.1, 0.15) is 0 Å². The Bertz CT molecular complexity index is 332. The molecule has 5 heteroatoms. The quantitative estimate of drug-likeness (QED) is 0.712. The van der Waals surface area contributed by atoms with E-state index in [-0.39, 0.29) is 0 Å². The maximum absolute atomic E-state index is 12.1. The van der Waals surface area contributed by atoms with Gasteiger partial charge in [-0.25, -0.2) is 0 Å². The van der Waals surface area contributed by atoms with Crippen LogP contribution in [0.5, 0.6) is 0 Å². The Hall–Kier alpha value is -0.650. The van der Waals surface area contributed by atoms with Crippen LogP contribution in [0.2, 0.25) is 0 Å². The molecule has 128 valence electrons. The van der Waals surface area contributed by atoms with Crippen LogP contribution in [0.4, 0.5) is 0 Å². The van der Waals surface area contributed by atoms with Gasteiger partial charge in [0.2, 0.25) is 5.91 Å². The van der Waals surface area contributed by atoms with E-state index in [0.29, 0.717) is 12.3 Å². The number of carbonyl (C=O) groups excluding carboxylic acids is 1. The molecule has 0 aliphatic carbocycles. The molecule has 0 aromatic carbocycles. The molecule has 2 saturated heterocycles. The topological polar surface area (TPSA) is 38.8 Å². The van der Waals surface area contributed by atoms with Crippen molar-refractivity contribution in [1.29, 1.82) is 0 Å². The molecule has 2 aliphatic rings. The minimum atomic E-state index is 0.330. The summed E-state index contributed by atoms with van der Waals surface area (Å²) in [7, 11) is 1.94. The lowest BCUT2D eigenvalue weighted by atomic mass is 10.2. The summed E-state index contributed by atoms with van der Waals surface area (Å²) in [5, 5.41) is 3.10. The second-order valence-corrected chi connectivity index (χ2v) is 6.94. The van der Waals surface area contributed by atoms with Crippen molar-refractivity contribution in [3.63, 3.8) is 0 Å². The zero-order valence-corrected chi connectivity index (χ0v) is 14.7. The summed E-state index contributed by atoms with van der Waals surface area (Å²) in [5.41, 5.74) is 0. The smallest absolute Gasteiger partial charge is 0.222 e. The maximum atomic E-state index is 12.1. The highest BCUT2D eigenvalue weighted by Gasteiger charge is 2.28. The molecular formula is C17H34N4O. The van der Waals surface area contributed by atoms with Crippen molar-refractivity contribution in [2.24, 2.45) is 0 Å². The summed E-state index contributed by atoms with van der Waals surface area (Å²) in [5.74, 6) is 0.330. The average molecular weight is 310 g/mol. The lowest BCUT2D eigenvalue weighted by molar-refractivity contribution is -0.133. The van der Waals surface area contributed by atoms with Crippen LogP contribution in [-0.2, 0) is 4.79 Å². The average Bonchev–Trinajstić information content (AvgIpc) is 2.84. The molecular weight excluding hydrogens is 276 g/mol. The molecule has 0 aromatic heterocycles. The Morgan fingerprint density at radius 1 is 1.05 bits per heavy atom. The van der Waals surface area contributed by atoms with Gasteiger partial charge in [-0.1, -0.05) is 0 Å². The van der Waals surface area contributed by atoms with Gasteiger partial charge in [0.15, 0.2) is 0 Å². The second kappa shape index (κ2) is 8.85. The first-order valence-corrected chi connectivity index (χ1v) is 9.02. The highest BCUT2D eigenvalue weighted by Crippen LogP contribution is 2.22. The van der Waals surface area contributed by atoms with Crippen LogP contribution >= 0.6 is 0 Å². The van der Waals surface area contributed by atoms with Gasteiger partial charge >= 0.3 is 0 Å². The number of likely N-dealkylation sites (tertiary alicyclic amines) is 1. The second-order valence-electron chi connectivity index (χ2n) is 6.94. The summed E-state index contributed by atoms with van der Waals surface area (Å²) < 4.78 is 0. The molecule has 2 aliphatic heterocycles. The summed E-state index contributed by atoms with van der Waals surface area (Å²) in [6.45, 7) is 11.8. The molecule has 5 nitrogen and oxygen atoms in total. The van der Waals surface area contributed by atoms with E-state index in [2.05, 4.69) is 29.0 Å². The third-order valence-electron chi connectivity index (χ3n) is 5.35. The van der Waals surface area contributed by atoms with Crippen molar-refractivity contribution in [1.82, 2.24) is 20.0 Å². The van der Waals surface area contributed by atoms with Crippen LogP contribution in [0.25, 0.3) is 0 Å². The Kier molecular flexibility index (Phi) is 7.12. The van der Waals surface area contributed by atoms with Crippen molar-refractivity contribution in [3.8, 4) is 0 Å². The largest absolute Gasteiger partial charge is 0.340 e. The van der Waals surface area contributed by atoms with Gasteiger partial charge in [0.25, 0.3) is 0 Å². The van der Waals surface area contributed by atoms with Crippen LogP contribution in [-0.4, -0.2) is 85.6 Å². The maximum Gasteiger partial charge on any atom is 0.222 e. The summed E-state index contributed by atoms with van der Waals surface area (Å²) in [4.78, 5) is 19.3. The SMILES string of the molecule is CNCCCC(=O)N1CCN(CCN2[C@H](C)CC[C@@H]2C)CC1. The highest BCUT2D eigenvalue weighted by atomic mass is 16.2.